The Hall–Kier alpha value is -1.51. The summed E-state index contributed by atoms with van der Waals surface area (Å²) in [5.41, 5.74) is 1.29. The van der Waals surface area contributed by atoms with Gasteiger partial charge in [0.1, 0.15) is 5.75 Å². The van der Waals surface area contributed by atoms with Crippen molar-refractivity contribution >= 4 is 5.91 Å². The zero-order valence-corrected chi connectivity index (χ0v) is 11.3. The number of benzene rings is 1. The van der Waals surface area contributed by atoms with E-state index in [-0.39, 0.29) is 23.7 Å². The van der Waals surface area contributed by atoms with E-state index in [0.717, 1.165) is 12.8 Å². The predicted molar refractivity (Wildman–Crippen MR) is 71.8 cm³/mol. The molecule has 1 N–H and O–H groups in total. The topological polar surface area (TPSA) is 40.5 Å². The van der Waals surface area contributed by atoms with E-state index < -0.39 is 0 Å². The summed E-state index contributed by atoms with van der Waals surface area (Å²) in [4.78, 5) is 14.6. The first-order valence-electron chi connectivity index (χ1n) is 6.63. The summed E-state index contributed by atoms with van der Waals surface area (Å²) in [6.45, 7) is 6.00. The number of piperidine rings is 1. The molecule has 0 aromatic heterocycles. The summed E-state index contributed by atoms with van der Waals surface area (Å²) in [7, 11) is 0. The number of nitrogens with zero attached hydrogens (tertiary/aromatic N) is 1. The van der Waals surface area contributed by atoms with Gasteiger partial charge in [0.25, 0.3) is 5.91 Å². The second-order valence-electron chi connectivity index (χ2n) is 5.29. The Bertz CT molecular complexity index is 446. The molecule has 98 valence electrons. The minimum Gasteiger partial charge on any atom is -0.508 e. The number of phenols is 1. The summed E-state index contributed by atoms with van der Waals surface area (Å²) in [6.07, 6.45) is 3.31. The lowest BCUT2D eigenvalue weighted by molar-refractivity contribution is 0.0509. The highest BCUT2D eigenvalue weighted by Gasteiger charge is 2.30. The van der Waals surface area contributed by atoms with Gasteiger partial charge in [-0.2, -0.15) is 0 Å². The molecule has 0 saturated carbocycles. The minimum atomic E-state index is 0.0445. The van der Waals surface area contributed by atoms with Crippen LogP contribution in [0.4, 0.5) is 0 Å². The van der Waals surface area contributed by atoms with Crippen molar-refractivity contribution in [3.8, 4) is 5.75 Å². The van der Waals surface area contributed by atoms with Gasteiger partial charge >= 0.3 is 0 Å². The van der Waals surface area contributed by atoms with Crippen LogP contribution < -0.4 is 0 Å². The summed E-state index contributed by atoms with van der Waals surface area (Å²) in [6, 6.07) is 5.71. The number of hydrogen-bond donors (Lipinski definition) is 1. The number of phenolic OH excluding ortho intramolecular Hbond substituents is 1. The molecule has 0 aliphatic carbocycles. The largest absolute Gasteiger partial charge is 0.508 e. The van der Waals surface area contributed by atoms with E-state index in [1.807, 2.05) is 4.90 Å². The maximum atomic E-state index is 12.6. The van der Waals surface area contributed by atoms with Gasteiger partial charge < -0.3 is 10.0 Å². The first-order chi connectivity index (χ1) is 8.52. The Morgan fingerprint density at radius 3 is 2.50 bits per heavy atom. The normalized spacial score (nSPS) is 24.1. The Kier molecular flexibility index (Phi) is 3.60. The molecule has 3 nitrogen and oxygen atoms in total. The number of amides is 1. The van der Waals surface area contributed by atoms with E-state index in [4.69, 9.17) is 0 Å². The zero-order valence-electron chi connectivity index (χ0n) is 11.3. The molecule has 1 aliphatic heterocycles. The third-order valence-electron chi connectivity index (χ3n) is 3.96. The van der Waals surface area contributed by atoms with E-state index in [1.54, 1.807) is 25.1 Å². The highest BCUT2D eigenvalue weighted by Crippen LogP contribution is 2.27. The van der Waals surface area contributed by atoms with Crippen molar-refractivity contribution in [1.29, 1.82) is 0 Å². The predicted octanol–water partition coefficient (Wildman–Crippen LogP) is 3.10. The third-order valence-corrected chi connectivity index (χ3v) is 3.96. The summed E-state index contributed by atoms with van der Waals surface area (Å²) in [5.74, 6) is 0.237. The smallest absolute Gasteiger partial charge is 0.254 e. The molecule has 3 heteroatoms. The number of hydrogen-bond acceptors (Lipinski definition) is 2. The lowest BCUT2D eigenvalue weighted by atomic mass is 9.95. The first kappa shape index (κ1) is 12.9. The van der Waals surface area contributed by atoms with Crippen LogP contribution in [-0.4, -0.2) is 28.0 Å². The molecule has 1 aromatic carbocycles. The van der Waals surface area contributed by atoms with Crippen LogP contribution in [0.15, 0.2) is 18.2 Å². The van der Waals surface area contributed by atoms with Crippen LogP contribution >= 0.6 is 0 Å². The Morgan fingerprint density at radius 1 is 1.28 bits per heavy atom. The highest BCUT2D eigenvalue weighted by molar-refractivity contribution is 5.96. The van der Waals surface area contributed by atoms with E-state index in [1.165, 1.54) is 6.42 Å². The van der Waals surface area contributed by atoms with Gasteiger partial charge in [-0.3, -0.25) is 4.79 Å². The monoisotopic (exact) mass is 247 g/mol. The van der Waals surface area contributed by atoms with Crippen molar-refractivity contribution < 1.29 is 9.90 Å². The molecule has 1 fully saturated rings. The van der Waals surface area contributed by atoms with Gasteiger partial charge in [-0.25, -0.2) is 0 Å². The maximum Gasteiger partial charge on any atom is 0.254 e. The van der Waals surface area contributed by atoms with Gasteiger partial charge in [-0.1, -0.05) is 6.07 Å². The fourth-order valence-corrected chi connectivity index (χ4v) is 2.82. The van der Waals surface area contributed by atoms with Gasteiger partial charge in [0, 0.05) is 23.2 Å². The molecule has 1 saturated heterocycles. The van der Waals surface area contributed by atoms with Gasteiger partial charge in [0.2, 0.25) is 0 Å². The summed E-state index contributed by atoms with van der Waals surface area (Å²) < 4.78 is 0. The number of carbonyl (C=O) groups excluding carboxylic acids is 1. The van der Waals surface area contributed by atoms with Gasteiger partial charge in [0.05, 0.1) is 0 Å². The van der Waals surface area contributed by atoms with Crippen molar-refractivity contribution in [1.82, 2.24) is 4.90 Å². The van der Waals surface area contributed by atoms with E-state index in [2.05, 4.69) is 13.8 Å². The van der Waals surface area contributed by atoms with E-state index in [9.17, 15) is 9.90 Å². The Morgan fingerprint density at radius 2 is 1.89 bits per heavy atom. The van der Waals surface area contributed by atoms with Crippen molar-refractivity contribution in [3.05, 3.63) is 29.3 Å². The lowest BCUT2D eigenvalue weighted by Crippen LogP contribution is -2.47. The third kappa shape index (κ3) is 2.22. The van der Waals surface area contributed by atoms with Crippen LogP contribution in [0.1, 0.15) is 49.0 Å². The molecule has 1 amide bonds. The first-order valence-corrected chi connectivity index (χ1v) is 6.63. The molecule has 0 unspecified atom stereocenters. The molecule has 0 spiro atoms. The van der Waals surface area contributed by atoms with E-state index >= 15 is 0 Å². The van der Waals surface area contributed by atoms with Gasteiger partial charge in [-0.15, -0.1) is 0 Å². The molecule has 2 rings (SSSR count). The molecule has 0 bridgehead atoms. The molecule has 1 aliphatic rings. The fourth-order valence-electron chi connectivity index (χ4n) is 2.82. The second-order valence-corrected chi connectivity index (χ2v) is 5.29. The molecule has 0 radical (unpaired) electrons. The van der Waals surface area contributed by atoms with Crippen LogP contribution in [0.3, 0.4) is 0 Å². The Balaban J connectivity index is 2.32. The Labute approximate surface area is 108 Å². The maximum absolute atomic E-state index is 12.6. The van der Waals surface area contributed by atoms with Crippen LogP contribution in [0.5, 0.6) is 5.75 Å². The van der Waals surface area contributed by atoms with Crippen LogP contribution in [0, 0.1) is 6.92 Å². The number of aromatic hydroxyl groups is 1. The number of likely N-dealkylation sites (tertiary alicyclic amines) is 1. The minimum absolute atomic E-state index is 0.0445. The van der Waals surface area contributed by atoms with Crippen molar-refractivity contribution in [2.24, 2.45) is 0 Å². The number of rotatable bonds is 1. The van der Waals surface area contributed by atoms with Crippen LogP contribution in [0.2, 0.25) is 0 Å². The van der Waals surface area contributed by atoms with Crippen molar-refractivity contribution in [2.75, 3.05) is 0 Å². The van der Waals surface area contributed by atoms with Crippen LogP contribution in [0.25, 0.3) is 0 Å². The van der Waals surface area contributed by atoms with E-state index in [0.29, 0.717) is 11.1 Å². The molecule has 2 atom stereocenters. The standard InChI is InChI=1S/C15H21NO2/c1-10-6-4-7-11(2)16(10)15(18)13-8-5-9-14(17)12(13)3/h5,8-11,17H,4,6-7H2,1-3H3/t10-,11+. The zero-order chi connectivity index (χ0) is 13.3. The van der Waals surface area contributed by atoms with Gasteiger partial charge in [0.15, 0.2) is 0 Å². The highest BCUT2D eigenvalue weighted by atomic mass is 16.3. The van der Waals surface area contributed by atoms with Crippen LogP contribution in [-0.2, 0) is 0 Å². The molecule has 1 aromatic rings. The SMILES string of the molecule is Cc1c(O)cccc1C(=O)N1[C@H](C)CCC[C@@H]1C. The molecule has 1 heterocycles. The quantitative estimate of drug-likeness (QED) is 0.828. The molecular formula is C15H21NO2. The summed E-state index contributed by atoms with van der Waals surface area (Å²) >= 11 is 0. The van der Waals surface area contributed by atoms with Crippen molar-refractivity contribution in [3.63, 3.8) is 0 Å². The lowest BCUT2D eigenvalue weighted by Gasteiger charge is -2.39. The summed E-state index contributed by atoms with van der Waals surface area (Å²) in [5, 5.41) is 9.71. The van der Waals surface area contributed by atoms with Crippen molar-refractivity contribution in [2.45, 2.75) is 52.1 Å². The number of carbonyl (C=O) groups is 1. The van der Waals surface area contributed by atoms with Gasteiger partial charge in [-0.05, 0) is 52.2 Å². The fraction of sp³-hybridized carbons (Fsp3) is 0.533. The molecule has 18 heavy (non-hydrogen) atoms. The average Bonchev–Trinajstić information content (AvgIpc) is 2.32. The average molecular weight is 247 g/mol. The molecular weight excluding hydrogens is 226 g/mol. The second kappa shape index (κ2) is 5.01.